The van der Waals surface area contributed by atoms with Crippen LogP contribution in [0.25, 0.3) is 0 Å². The van der Waals surface area contributed by atoms with Crippen molar-refractivity contribution >= 4 is 33.2 Å². The molecule has 6 nitrogen and oxygen atoms in total. The van der Waals surface area contributed by atoms with E-state index in [-0.39, 0.29) is 23.7 Å². The van der Waals surface area contributed by atoms with E-state index in [9.17, 15) is 13.2 Å². The molecule has 0 fully saturated rings. The van der Waals surface area contributed by atoms with Gasteiger partial charge in [0, 0.05) is 17.3 Å². The third kappa shape index (κ3) is 4.80. The van der Waals surface area contributed by atoms with E-state index < -0.39 is 15.9 Å². The highest BCUT2D eigenvalue weighted by molar-refractivity contribution is 7.89. The standard InChI is InChI=1S/C19H23ClN2O4S/c1-5-22(12-19(23)21-16-8-6-7-15(20)14(16)3)27(24,25)18-11-13(2)9-10-17(18)26-4/h6-11H,5,12H2,1-4H3,(H,21,23). The second kappa shape index (κ2) is 8.73. The molecule has 27 heavy (non-hydrogen) atoms. The first kappa shape index (κ1) is 21.2. The summed E-state index contributed by atoms with van der Waals surface area (Å²) in [6.07, 6.45) is 0. The summed E-state index contributed by atoms with van der Waals surface area (Å²) in [5.74, 6) is -0.206. The molecule has 0 aliphatic rings. The number of methoxy groups -OCH3 is 1. The second-order valence-electron chi connectivity index (χ2n) is 6.05. The highest BCUT2D eigenvalue weighted by Crippen LogP contribution is 2.28. The van der Waals surface area contributed by atoms with Crippen molar-refractivity contribution in [3.8, 4) is 5.75 Å². The van der Waals surface area contributed by atoms with Crippen LogP contribution >= 0.6 is 11.6 Å². The van der Waals surface area contributed by atoms with Gasteiger partial charge >= 0.3 is 0 Å². The molecule has 2 aromatic rings. The van der Waals surface area contributed by atoms with Gasteiger partial charge in [-0.3, -0.25) is 4.79 Å². The Morgan fingerprint density at radius 1 is 1.22 bits per heavy atom. The Kier molecular flexibility index (Phi) is 6.86. The van der Waals surface area contributed by atoms with Gasteiger partial charge in [0.25, 0.3) is 0 Å². The predicted octanol–water partition coefficient (Wildman–Crippen LogP) is 3.61. The highest BCUT2D eigenvalue weighted by atomic mass is 35.5. The topological polar surface area (TPSA) is 75.7 Å². The van der Waals surface area contributed by atoms with Gasteiger partial charge in [-0.25, -0.2) is 8.42 Å². The number of amides is 1. The molecule has 1 N–H and O–H groups in total. The van der Waals surface area contributed by atoms with Gasteiger partial charge in [-0.2, -0.15) is 4.31 Å². The normalized spacial score (nSPS) is 11.5. The number of carbonyl (C=O) groups excluding carboxylic acids is 1. The molecular formula is C19H23ClN2O4S. The summed E-state index contributed by atoms with van der Waals surface area (Å²) in [6, 6.07) is 10.1. The first-order valence-electron chi connectivity index (χ1n) is 8.40. The lowest BCUT2D eigenvalue weighted by Crippen LogP contribution is -2.38. The molecule has 0 atom stereocenters. The smallest absolute Gasteiger partial charge is 0.247 e. The number of halogens is 1. The zero-order chi connectivity index (χ0) is 20.2. The van der Waals surface area contributed by atoms with Crippen molar-refractivity contribution in [3.63, 3.8) is 0 Å². The molecule has 1 amide bonds. The highest BCUT2D eigenvalue weighted by Gasteiger charge is 2.28. The molecule has 146 valence electrons. The van der Waals surface area contributed by atoms with Crippen LogP contribution in [0.5, 0.6) is 5.75 Å². The van der Waals surface area contributed by atoms with Crippen LogP contribution < -0.4 is 10.1 Å². The van der Waals surface area contributed by atoms with Gasteiger partial charge in [-0.05, 0) is 49.2 Å². The molecule has 0 radical (unpaired) electrons. The number of anilines is 1. The van der Waals surface area contributed by atoms with Crippen molar-refractivity contribution in [2.75, 3.05) is 25.5 Å². The molecule has 0 heterocycles. The summed E-state index contributed by atoms with van der Waals surface area (Å²) in [4.78, 5) is 12.5. The zero-order valence-electron chi connectivity index (χ0n) is 15.7. The number of hydrogen-bond acceptors (Lipinski definition) is 4. The van der Waals surface area contributed by atoms with Crippen LogP contribution in [-0.4, -0.2) is 38.8 Å². The molecule has 2 rings (SSSR count). The lowest BCUT2D eigenvalue weighted by molar-refractivity contribution is -0.116. The van der Waals surface area contributed by atoms with Crippen molar-refractivity contribution in [3.05, 3.63) is 52.5 Å². The van der Waals surface area contributed by atoms with Gasteiger partial charge in [0.15, 0.2) is 0 Å². The zero-order valence-corrected chi connectivity index (χ0v) is 17.3. The summed E-state index contributed by atoms with van der Waals surface area (Å²) in [5, 5.41) is 3.24. The minimum Gasteiger partial charge on any atom is -0.495 e. The molecule has 0 spiro atoms. The summed E-state index contributed by atoms with van der Waals surface area (Å²) in [7, 11) is -2.49. The monoisotopic (exact) mass is 410 g/mol. The first-order chi connectivity index (χ1) is 12.7. The summed E-state index contributed by atoms with van der Waals surface area (Å²) >= 11 is 6.06. The summed E-state index contributed by atoms with van der Waals surface area (Å²) < 4.78 is 32.4. The molecule has 0 saturated heterocycles. The Morgan fingerprint density at radius 2 is 1.93 bits per heavy atom. The fourth-order valence-corrected chi connectivity index (χ4v) is 4.40. The van der Waals surface area contributed by atoms with E-state index in [4.69, 9.17) is 16.3 Å². The molecule has 0 aliphatic heterocycles. The quantitative estimate of drug-likeness (QED) is 0.756. The van der Waals surface area contributed by atoms with E-state index in [0.717, 1.165) is 15.4 Å². The van der Waals surface area contributed by atoms with Crippen molar-refractivity contribution in [1.82, 2.24) is 4.31 Å². The largest absolute Gasteiger partial charge is 0.495 e. The summed E-state index contributed by atoms with van der Waals surface area (Å²) in [5.41, 5.74) is 2.05. The number of carbonyl (C=O) groups is 1. The van der Waals surface area contributed by atoms with E-state index in [2.05, 4.69) is 5.32 Å². The SMILES string of the molecule is CCN(CC(=O)Nc1cccc(Cl)c1C)S(=O)(=O)c1cc(C)ccc1OC. The Balaban J connectivity index is 2.27. The Labute approximate surface area is 165 Å². The third-order valence-electron chi connectivity index (χ3n) is 4.15. The van der Waals surface area contributed by atoms with Crippen molar-refractivity contribution in [2.24, 2.45) is 0 Å². The molecule has 0 unspecified atom stereocenters. The maximum atomic E-state index is 13.0. The lowest BCUT2D eigenvalue weighted by Gasteiger charge is -2.22. The number of aryl methyl sites for hydroxylation is 1. The first-order valence-corrected chi connectivity index (χ1v) is 10.2. The predicted molar refractivity (Wildman–Crippen MR) is 107 cm³/mol. The average Bonchev–Trinajstić information content (AvgIpc) is 2.63. The van der Waals surface area contributed by atoms with E-state index in [1.807, 2.05) is 0 Å². The summed E-state index contributed by atoms with van der Waals surface area (Å²) in [6.45, 7) is 5.08. The van der Waals surface area contributed by atoms with E-state index in [0.29, 0.717) is 10.7 Å². The van der Waals surface area contributed by atoms with Gasteiger partial charge in [0.05, 0.1) is 13.7 Å². The number of benzene rings is 2. The number of hydrogen-bond donors (Lipinski definition) is 1. The van der Waals surface area contributed by atoms with Gasteiger partial charge in [0.1, 0.15) is 10.6 Å². The Hall–Kier alpha value is -2.09. The third-order valence-corrected chi connectivity index (χ3v) is 6.50. The lowest BCUT2D eigenvalue weighted by atomic mass is 10.2. The number of rotatable bonds is 7. The number of nitrogens with one attached hydrogen (secondary N) is 1. The van der Waals surface area contributed by atoms with Crippen LogP contribution in [0, 0.1) is 13.8 Å². The second-order valence-corrected chi connectivity index (χ2v) is 8.36. The van der Waals surface area contributed by atoms with E-state index >= 15 is 0 Å². The van der Waals surface area contributed by atoms with Crippen LogP contribution in [0.1, 0.15) is 18.1 Å². The molecule has 0 aliphatic carbocycles. The van der Waals surface area contributed by atoms with Crippen LogP contribution in [0.2, 0.25) is 5.02 Å². The number of ether oxygens (including phenoxy) is 1. The minimum absolute atomic E-state index is 0.0404. The van der Waals surface area contributed by atoms with Crippen LogP contribution in [0.4, 0.5) is 5.69 Å². The number of sulfonamides is 1. The van der Waals surface area contributed by atoms with Gasteiger partial charge < -0.3 is 10.1 Å². The van der Waals surface area contributed by atoms with Gasteiger partial charge in [0.2, 0.25) is 15.9 Å². The van der Waals surface area contributed by atoms with Gasteiger partial charge in [-0.15, -0.1) is 0 Å². The number of likely N-dealkylation sites (N-methyl/N-ethyl adjacent to an activating group) is 1. The molecule has 8 heteroatoms. The van der Waals surface area contributed by atoms with E-state index in [1.165, 1.54) is 13.2 Å². The molecule has 2 aromatic carbocycles. The number of nitrogens with zero attached hydrogens (tertiary/aromatic N) is 1. The van der Waals surface area contributed by atoms with E-state index in [1.54, 1.807) is 51.1 Å². The molecular weight excluding hydrogens is 388 g/mol. The maximum Gasteiger partial charge on any atom is 0.247 e. The fraction of sp³-hybridized carbons (Fsp3) is 0.316. The van der Waals surface area contributed by atoms with Crippen LogP contribution in [0.15, 0.2) is 41.3 Å². The van der Waals surface area contributed by atoms with Gasteiger partial charge in [-0.1, -0.05) is 30.7 Å². The average molecular weight is 411 g/mol. The Morgan fingerprint density at radius 3 is 2.56 bits per heavy atom. The fourth-order valence-electron chi connectivity index (χ4n) is 2.58. The molecule has 0 saturated carbocycles. The van der Waals surface area contributed by atoms with Crippen LogP contribution in [-0.2, 0) is 14.8 Å². The van der Waals surface area contributed by atoms with Crippen molar-refractivity contribution < 1.29 is 17.9 Å². The molecule has 0 aromatic heterocycles. The Bertz CT molecular complexity index is 945. The minimum atomic E-state index is -3.90. The maximum absolute atomic E-state index is 13.0. The van der Waals surface area contributed by atoms with Crippen molar-refractivity contribution in [1.29, 1.82) is 0 Å². The van der Waals surface area contributed by atoms with Crippen LogP contribution in [0.3, 0.4) is 0 Å². The van der Waals surface area contributed by atoms with Crippen molar-refractivity contribution in [2.45, 2.75) is 25.7 Å². The molecule has 0 bridgehead atoms.